The molecule has 0 aromatic heterocycles. The first-order valence-electron chi connectivity index (χ1n) is 6.64. The van der Waals surface area contributed by atoms with Crippen LogP contribution in [0.1, 0.15) is 37.8 Å². The van der Waals surface area contributed by atoms with Gasteiger partial charge in [0, 0.05) is 18.7 Å². The lowest BCUT2D eigenvalue weighted by atomic mass is 9.97. The van der Waals surface area contributed by atoms with Crippen molar-refractivity contribution >= 4 is 5.84 Å². The summed E-state index contributed by atoms with van der Waals surface area (Å²) < 4.78 is 13.4. The number of hydrogen-bond acceptors (Lipinski definition) is 4. The SMILES string of the molecule is CCC(O)(CC)CNCc1cc(F)cc(/C(N)=N/O)c1. The highest BCUT2D eigenvalue weighted by Crippen LogP contribution is 2.14. The maximum atomic E-state index is 13.4. The molecule has 0 spiro atoms. The summed E-state index contributed by atoms with van der Waals surface area (Å²) in [5, 5.41) is 24.7. The van der Waals surface area contributed by atoms with Crippen LogP contribution >= 0.6 is 0 Å². The number of rotatable bonds is 7. The summed E-state index contributed by atoms with van der Waals surface area (Å²) in [5.41, 5.74) is 5.69. The Kier molecular flexibility index (Phi) is 5.91. The highest BCUT2D eigenvalue weighted by molar-refractivity contribution is 5.97. The molecular formula is C14H22FN3O2. The van der Waals surface area contributed by atoms with Crippen molar-refractivity contribution in [3.63, 3.8) is 0 Å². The second-order valence-electron chi connectivity index (χ2n) is 4.87. The van der Waals surface area contributed by atoms with Crippen molar-refractivity contribution in [3.8, 4) is 0 Å². The first-order valence-corrected chi connectivity index (χ1v) is 6.64. The molecule has 0 fully saturated rings. The summed E-state index contributed by atoms with van der Waals surface area (Å²) >= 11 is 0. The van der Waals surface area contributed by atoms with Gasteiger partial charge in [-0.2, -0.15) is 0 Å². The van der Waals surface area contributed by atoms with Gasteiger partial charge in [-0.1, -0.05) is 19.0 Å². The van der Waals surface area contributed by atoms with Crippen LogP contribution in [-0.2, 0) is 6.54 Å². The van der Waals surface area contributed by atoms with Gasteiger partial charge in [0.2, 0.25) is 0 Å². The zero-order valence-corrected chi connectivity index (χ0v) is 11.9. The lowest BCUT2D eigenvalue weighted by molar-refractivity contribution is 0.0323. The quantitative estimate of drug-likeness (QED) is 0.264. The topological polar surface area (TPSA) is 90.9 Å². The maximum Gasteiger partial charge on any atom is 0.170 e. The second kappa shape index (κ2) is 7.21. The normalized spacial score (nSPS) is 12.7. The molecule has 0 aliphatic rings. The van der Waals surface area contributed by atoms with Crippen LogP contribution in [0.25, 0.3) is 0 Å². The highest BCUT2D eigenvalue weighted by Gasteiger charge is 2.21. The number of amidine groups is 1. The number of benzene rings is 1. The van der Waals surface area contributed by atoms with Gasteiger partial charge in [-0.15, -0.1) is 0 Å². The Morgan fingerprint density at radius 2 is 2.00 bits per heavy atom. The lowest BCUT2D eigenvalue weighted by Crippen LogP contribution is -2.39. The molecule has 1 aromatic rings. The fourth-order valence-corrected chi connectivity index (χ4v) is 1.90. The number of aliphatic hydroxyl groups is 1. The number of nitrogens with zero attached hydrogens (tertiary/aromatic N) is 1. The first-order chi connectivity index (χ1) is 9.44. The summed E-state index contributed by atoms with van der Waals surface area (Å²) in [6, 6.07) is 4.22. The van der Waals surface area contributed by atoms with E-state index in [1.807, 2.05) is 13.8 Å². The van der Waals surface area contributed by atoms with Crippen molar-refractivity contribution in [2.24, 2.45) is 10.9 Å². The van der Waals surface area contributed by atoms with Crippen molar-refractivity contribution in [2.45, 2.75) is 38.8 Å². The van der Waals surface area contributed by atoms with Gasteiger partial charge in [-0.25, -0.2) is 4.39 Å². The molecule has 1 aromatic carbocycles. The van der Waals surface area contributed by atoms with Crippen LogP contribution in [0, 0.1) is 5.82 Å². The molecule has 20 heavy (non-hydrogen) atoms. The van der Waals surface area contributed by atoms with Crippen LogP contribution < -0.4 is 11.1 Å². The van der Waals surface area contributed by atoms with Gasteiger partial charge in [0.1, 0.15) is 5.82 Å². The van der Waals surface area contributed by atoms with Crippen molar-refractivity contribution in [3.05, 3.63) is 35.1 Å². The maximum absolute atomic E-state index is 13.4. The Bertz CT molecular complexity index is 473. The third-order valence-corrected chi connectivity index (χ3v) is 3.46. The Morgan fingerprint density at radius 1 is 1.35 bits per heavy atom. The molecule has 0 unspecified atom stereocenters. The van der Waals surface area contributed by atoms with E-state index >= 15 is 0 Å². The average molecular weight is 283 g/mol. The molecule has 0 aliphatic carbocycles. The monoisotopic (exact) mass is 283 g/mol. The molecule has 0 heterocycles. The van der Waals surface area contributed by atoms with E-state index in [0.717, 1.165) is 0 Å². The van der Waals surface area contributed by atoms with Crippen LogP contribution in [0.4, 0.5) is 4.39 Å². The van der Waals surface area contributed by atoms with Gasteiger partial charge < -0.3 is 21.4 Å². The number of hydrogen-bond donors (Lipinski definition) is 4. The third kappa shape index (κ3) is 4.47. The Morgan fingerprint density at radius 3 is 2.55 bits per heavy atom. The van der Waals surface area contributed by atoms with Crippen LogP contribution in [0.2, 0.25) is 0 Å². The fourth-order valence-electron chi connectivity index (χ4n) is 1.90. The third-order valence-electron chi connectivity index (χ3n) is 3.46. The summed E-state index contributed by atoms with van der Waals surface area (Å²) in [7, 11) is 0. The number of halogens is 1. The molecule has 0 aliphatic heterocycles. The summed E-state index contributed by atoms with van der Waals surface area (Å²) in [4.78, 5) is 0. The fraction of sp³-hybridized carbons (Fsp3) is 0.500. The molecule has 5 nitrogen and oxygen atoms in total. The van der Waals surface area contributed by atoms with Crippen LogP contribution in [0.3, 0.4) is 0 Å². The predicted octanol–water partition coefficient (Wildman–Crippen LogP) is 1.56. The van der Waals surface area contributed by atoms with Gasteiger partial charge in [0.05, 0.1) is 5.60 Å². The molecule has 112 valence electrons. The van der Waals surface area contributed by atoms with E-state index < -0.39 is 11.4 Å². The Labute approximate surface area is 118 Å². The van der Waals surface area contributed by atoms with Crippen LogP contribution in [0.15, 0.2) is 23.4 Å². The van der Waals surface area contributed by atoms with Gasteiger partial charge in [0.15, 0.2) is 5.84 Å². The second-order valence-corrected chi connectivity index (χ2v) is 4.87. The molecule has 6 heteroatoms. The standard InChI is InChI=1S/C14H22FN3O2/c1-3-14(19,4-2)9-17-8-10-5-11(13(16)18-20)7-12(15)6-10/h5-7,17,19-20H,3-4,8-9H2,1-2H3,(H2,16,18). The Balaban J connectivity index is 2.71. The average Bonchev–Trinajstić information content (AvgIpc) is 2.45. The van der Waals surface area contributed by atoms with E-state index in [9.17, 15) is 9.50 Å². The van der Waals surface area contributed by atoms with Gasteiger partial charge in [0.25, 0.3) is 0 Å². The number of nitrogens with one attached hydrogen (secondary N) is 1. The van der Waals surface area contributed by atoms with E-state index in [1.165, 1.54) is 12.1 Å². The van der Waals surface area contributed by atoms with E-state index in [1.54, 1.807) is 6.07 Å². The van der Waals surface area contributed by atoms with Crippen molar-refractivity contribution in [1.29, 1.82) is 0 Å². The minimum atomic E-state index is -0.748. The van der Waals surface area contributed by atoms with E-state index in [2.05, 4.69) is 10.5 Å². The molecule has 0 bridgehead atoms. The zero-order chi connectivity index (χ0) is 15.2. The Hall–Kier alpha value is -1.66. The minimum absolute atomic E-state index is 0.135. The molecule has 1 rings (SSSR count). The molecule has 5 N–H and O–H groups in total. The highest BCUT2D eigenvalue weighted by atomic mass is 19.1. The van der Waals surface area contributed by atoms with E-state index in [4.69, 9.17) is 10.9 Å². The van der Waals surface area contributed by atoms with E-state index in [-0.39, 0.29) is 5.84 Å². The van der Waals surface area contributed by atoms with Gasteiger partial charge in [-0.3, -0.25) is 0 Å². The summed E-state index contributed by atoms with van der Waals surface area (Å²) in [6.07, 6.45) is 1.30. The molecule has 0 saturated carbocycles. The molecule has 0 radical (unpaired) electrons. The van der Waals surface area contributed by atoms with E-state index in [0.29, 0.717) is 37.1 Å². The van der Waals surface area contributed by atoms with Crippen LogP contribution in [-0.4, -0.2) is 28.3 Å². The predicted molar refractivity (Wildman–Crippen MR) is 76.1 cm³/mol. The van der Waals surface area contributed by atoms with Crippen molar-refractivity contribution in [2.75, 3.05) is 6.54 Å². The molecular weight excluding hydrogens is 261 g/mol. The van der Waals surface area contributed by atoms with Gasteiger partial charge >= 0.3 is 0 Å². The summed E-state index contributed by atoms with van der Waals surface area (Å²) in [5.74, 6) is -0.587. The van der Waals surface area contributed by atoms with Crippen molar-refractivity contribution < 1.29 is 14.7 Å². The lowest BCUT2D eigenvalue weighted by Gasteiger charge is -2.25. The number of nitrogens with two attached hydrogens (primary N) is 1. The zero-order valence-electron chi connectivity index (χ0n) is 11.9. The molecule has 0 saturated heterocycles. The van der Waals surface area contributed by atoms with Gasteiger partial charge in [-0.05, 0) is 36.6 Å². The molecule has 0 atom stereocenters. The van der Waals surface area contributed by atoms with Crippen LogP contribution in [0.5, 0.6) is 0 Å². The smallest absolute Gasteiger partial charge is 0.170 e. The number of oxime groups is 1. The van der Waals surface area contributed by atoms with Crippen molar-refractivity contribution in [1.82, 2.24) is 5.32 Å². The largest absolute Gasteiger partial charge is 0.409 e. The first kappa shape index (κ1) is 16.4. The minimum Gasteiger partial charge on any atom is -0.409 e. The summed E-state index contributed by atoms with van der Waals surface area (Å²) in [6.45, 7) is 4.66. The molecule has 0 amide bonds.